The minimum atomic E-state index is -0.566. The Bertz CT molecular complexity index is 620. The predicted molar refractivity (Wildman–Crippen MR) is 83.4 cm³/mol. The van der Waals surface area contributed by atoms with E-state index in [0.717, 1.165) is 25.7 Å². The van der Waals surface area contributed by atoms with Crippen LogP contribution in [0.15, 0.2) is 24.3 Å². The van der Waals surface area contributed by atoms with Crippen LogP contribution in [0.1, 0.15) is 66.7 Å². The molecule has 0 radical (unpaired) electrons. The number of fused-ring (bicyclic) bond motifs is 1. The number of hydroxylamine groups is 2. The molecule has 0 unspecified atom stereocenters. The second kappa shape index (κ2) is 5.80. The summed E-state index contributed by atoms with van der Waals surface area (Å²) in [5, 5.41) is 0.597. The van der Waals surface area contributed by atoms with E-state index in [-0.39, 0.29) is 23.5 Å². The van der Waals surface area contributed by atoms with Crippen LogP contribution < -0.4 is 0 Å². The van der Waals surface area contributed by atoms with E-state index in [4.69, 9.17) is 4.84 Å². The van der Waals surface area contributed by atoms with Gasteiger partial charge in [-0.25, -0.2) is 4.79 Å². The molecule has 1 aliphatic carbocycles. The molecule has 1 aromatic rings. The Labute approximate surface area is 135 Å². The summed E-state index contributed by atoms with van der Waals surface area (Å²) in [5.74, 6) is -1.37. The molecule has 0 bridgehead atoms. The zero-order valence-electron chi connectivity index (χ0n) is 13.5. The Balaban J connectivity index is 1.59. The summed E-state index contributed by atoms with van der Waals surface area (Å²) >= 11 is 0. The van der Waals surface area contributed by atoms with Gasteiger partial charge in [0.25, 0.3) is 11.8 Å². The molecule has 0 N–H and O–H groups in total. The van der Waals surface area contributed by atoms with Gasteiger partial charge >= 0.3 is 5.97 Å². The number of hydrogen-bond donors (Lipinski definition) is 0. The number of hydrogen-bond acceptors (Lipinski definition) is 4. The lowest BCUT2D eigenvalue weighted by atomic mass is 9.72. The molecule has 1 saturated carbocycles. The first-order valence-electron chi connectivity index (χ1n) is 8.06. The molecular weight excluding hydrogens is 294 g/mol. The number of imide groups is 1. The minimum absolute atomic E-state index is 0.253. The Morgan fingerprint density at radius 3 is 2.17 bits per heavy atom. The lowest BCUT2D eigenvalue weighted by Crippen LogP contribution is -2.33. The predicted octanol–water partition coefficient (Wildman–Crippen LogP) is 3.35. The van der Waals surface area contributed by atoms with Crippen LogP contribution in [-0.2, 0) is 9.63 Å². The number of amides is 2. The van der Waals surface area contributed by atoms with Gasteiger partial charge in [-0.1, -0.05) is 31.0 Å². The lowest BCUT2D eigenvalue weighted by molar-refractivity contribution is -0.170. The molecule has 23 heavy (non-hydrogen) atoms. The molecule has 2 aliphatic rings. The summed E-state index contributed by atoms with van der Waals surface area (Å²) in [4.78, 5) is 41.5. The van der Waals surface area contributed by atoms with Crippen molar-refractivity contribution >= 4 is 17.8 Å². The van der Waals surface area contributed by atoms with Gasteiger partial charge in [-0.2, -0.15) is 0 Å². The highest BCUT2D eigenvalue weighted by molar-refractivity contribution is 6.20. The van der Waals surface area contributed by atoms with E-state index in [1.165, 1.54) is 0 Å². The average Bonchev–Trinajstić information content (AvgIpc) is 2.75. The van der Waals surface area contributed by atoms with Crippen molar-refractivity contribution in [2.45, 2.75) is 46.0 Å². The van der Waals surface area contributed by atoms with Crippen LogP contribution in [0.2, 0.25) is 0 Å². The number of carbonyl (C=O) groups is 3. The third-order valence-electron chi connectivity index (χ3n) is 4.86. The largest absolute Gasteiger partial charge is 0.333 e. The Hall–Kier alpha value is -2.17. The van der Waals surface area contributed by atoms with Gasteiger partial charge in [0.2, 0.25) is 0 Å². The summed E-state index contributed by atoms with van der Waals surface area (Å²) in [6.45, 7) is 4.47. The van der Waals surface area contributed by atoms with E-state index < -0.39 is 17.8 Å². The molecule has 1 heterocycles. The molecule has 0 spiro atoms. The van der Waals surface area contributed by atoms with Crippen LogP contribution in [0, 0.1) is 11.3 Å². The second-order valence-electron chi connectivity index (χ2n) is 7.23. The second-order valence-corrected chi connectivity index (χ2v) is 7.23. The number of carbonyl (C=O) groups excluding carboxylic acids is 3. The van der Waals surface area contributed by atoms with Gasteiger partial charge in [-0.05, 0) is 49.1 Å². The highest BCUT2D eigenvalue weighted by Gasteiger charge is 2.39. The van der Waals surface area contributed by atoms with Crippen molar-refractivity contribution in [1.82, 2.24) is 5.06 Å². The van der Waals surface area contributed by atoms with E-state index in [1.807, 2.05) is 0 Å². The maximum Gasteiger partial charge on any atom is 0.333 e. The quantitative estimate of drug-likeness (QED) is 0.802. The van der Waals surface area contributed by atoms with Crippen LogP contribution in [0.3, 0.4) is 0 Å². The van der Waals surface area contributed by atoms with Crippen molar-refractivity contribution in [2.75, 3.05) is 0 Å². The SMILES string of the molecule is CC1(C)CCC(CC(=O)ON2C(=O)c3ccccc3C2=O)CC1. The molecule has 0 aromatic heterocycles. The fourth-order valence-electron chi connectivity index (χ4n) is 3.29. The molecule has 3 rings (SSSR count). The normalized spacial score (nSPS) is 20.5. The zero-order valence-corrected chi connectivity index (χ0v) is 13.5. The molecule has 5 nitrogen and oxygen atoms in total. The average molecular weight is 315 g/mol. The van der Waals surface area contributed by atoms with Gasteiger partial charge < -0.3 is 4.84 Å². The van der Waals surface area contributed by atoms with E-state index in [0.29, 0.717) is 10.5 Å². The molecule has 2 amide bonds. The van der Waals surface area contributed by atoms with Crippen molar-refractivity contribution in [3.63, 3.8) is 0 Å². The van der Waals surface area contributed by atoms with Crippen molar-refractivity contribution in [2.24, 2.45) is 11.3 Å². The molecule has 1 aromatic carbocycles. The van der Waals surface area contributed by atoms with Crippen molar-refractivity contribution < 1.29 is 19.2 Å². The monoisotopic (exact) mass is 315 g/mol. The van der Waals surface area contributed by atoms with Gasteiger partial charge in [-0.3, -0.25) is 9.59 Å². The summed E-state index contributed by atoms with van der Waals surface area (Å²) in [5.41, 5.74) is 0.901. The van der Waals surface area contributed by atoms with Crippen LogP contribution >= 0.6 is 0 Å². The van der Waals surface area contributed by atoms with Crippen LogP contribution in [0.5, 0.6) is 0 Å². The maximum atomic E-state index is 12.1. The highest BCUT2D eigenvalue weighted by Crippen LogP contribution is 2.39. The number of benzene rings is 1. The van der Waals surface area contributed by atoms with Gasteiger partial charge in [0.1, 0.15) is 0 Å². The maximum absolute atomic E-state index is 12.1. The molecule has 1 aliphatic heterocycles. The fourth-order valence-corrected chi connectivity index (χ4v) is 3.29. The van der Waals surface area contributed by atoms with Crippen molar-refractivity contribution in [3.05, 3.63) is 35.4 Å². The van der Waals surface area contributed by atoms with Gasteiger partial charge in [-0.15, -0.1) is 0 Å². The van der Waals surface area contributed by atoms with Gasteiger partial charge in [0.05, 0.1) is 17.5 Å². The van der Waals surface area contributed by atoms with Crippen molar-refractivity contribution in [3.8, 4) is 0 Å². The highest BCUT2D eigenvalue weighted by atomic mass is 16.7. The Kier molecular flexibility index (Phi) is 3.96. The van der Waals surface area contributed by atoms with Crippen LogP contribution in [0.4, 0.5) is 0 Å². The molecule has 0 saturated heterocycles. The summed E-state index contributed by atoms with van der Waals surface area (Å²) < 4.78 is 0. The molecule has 122 valence electrons. The van der Waals surface area contributed by atoms with Crippen LogP contribution in [0.25, 0.3) is 0 Å². The van der Waals surface area contributed by atoms with Crippen molar-refractivity contribution in [1.29, 1.82) is 0 Å². The topological polar surface area (TPSA) is 63.7 Å². The fraction of sp³-hybridized carbons (Fsp3) is 0.500. The number of nitrogens with zero attached hydrogens (tertiary/aromatic N) is 1. The Morgan fingerprint density at radius 2 is 1.65 bits per heavy atom. The van der Waals surface area contributed by atoms with Gasteiger partial charge in [0, 0.05) is 0 Å². The third kappa shape index (κ3) is 3.14. The van der Waals surface area contributed by atoms with E-state index in [1.54, 1.807) is 24.3 Å². The van der Waals surface area contributed by atoms with E-state index >= 15 is 0 Å². The molecule has 0 atom stereocenters. The first kappa shape index (κ1) is 15.7. The number of rotatable bonds is 3. The lowest BCUT2D eigenvalue weighted by Gasteiger charge is -2.33. The van der Waals surface area contributed by atoms with E-state index in [2.05, 4.69) is 13.8 Å². The minimum Gasteiger partial charge on any atom is -0.330 e. The third-order valence-corrected chi connectivity index (χ3v) is 4.86. The Morgan fingerprint density at radius 1 is 1.13 bits per heavy atom. The molecule has 1 fully saturated rings. The van der Waals surface area contributed by atoms with E-state index in [9.17, 15) is 14.4 Å². The molecule has 5 heteroatoms. The zero-order chi connectivity index (χ0) is 16.6. The molecular formula is C18H21NO4. The first-order chi connectivity index (χ1) is 10.9. The smallest absolute Gasteiger partial charge is 0.330 e. The van der Waals surface area contributed by atoms with Crippen LogP contribution in [-0.4, -0.2) is 22.8 Å². The summed E-state index contributed by atoms with van der Waals surface area (Å²) in [6.07, 6.45) is 4.37. The standard InChI is InChI=1S/C18H21NO4/c1-18(2)9-7-12(8-10-18)11-15(20)23-19-16(21)13-5-3-4-6-14(13)17(19)22/h3-6,12H,7-11H2,1-2H3. The summed E-state index contributed by atoms with van der Waals surface area (Å²) in [7, 11) is 0. The first-order valence-corrected chi connectivity index (χ1v) is 8.06. The summed E-state index contributed by atoms with van der Waals surface area (Å²) in [6, 6.07) is 6.48. The van der Waals surface area contributed by atoms with Gasteiger partial charge in [0.15, 0.2) is 0 Å².